The largest absolute Gasteiger partial charge is 0.500 e. The minimum Gasteiger partial charge on any atom is -0.500 e. The van der Waals surface area contributed by atoms with Crippen molar-refractivity contribution in [2.75, 3.05) is 0 Å². The molecular formula is C50H46IrN2O-2. The summed E-state index contributed by atoms with van der Waals surface area (Å²) in [5, 5.41) is 4.33. The molecule has 3 aromatic heterocycles. The summed E-state index contributed by atoms with van der Waals surface area (Å²) in [4.78, 5) is 9.02. The Morgan fingerprint density at radius 2 is 1.57 bits per heavy atom. The van der Waals surface area contributed by atoms with Crippen molar-refractivity contribution in [1.82, 2.24) is 9.97 Å². The number of hydrogen-bond acceptors (Lipinski definition) is 3. The Balaban J connectivity index is 0.000000182. The third-order valence-electron chi connectivity index (χ3n) is 9.66. The topological polar surface area (TPSA) is 38.9 Å². The second kappa shape index (κ2) is 16.2. The van der Waals surface area contributed by atoms with Crippen LogP contribution in [-0.2, 0) is 32.9 Å². The second-order valence-corrected chi connectivity index (χ2v) is 14.8. The van der Waals surface area contributed by atoms with Crippen LogP contribution in [0.15, 0.2) is 132 Å². The van der Waals surface area contributed by atoms with E-state index in [1.54, 1.807) is 30.6 Å². The zero-order valence-electron chi connectivity index (χ0n) is 37.7. The molecule has 0 saturated heterocycles. The van der Waals surface area contributed by atoms with Crippen LogP contribution < -0.4 is 0 Å². The van der Waals surface area contributed by atoms with Gasteiger partial charge in [0.25, 0.3) is 0 Å². The molecule has 5 aromatic carbocycles. The van der Waals surface area contributed by atoms with Gasteiger partial charge in [0.15, 0.2) is 0 Å². The van der Waals surface area contributed by atoms with Crippen LogP contribution in [0, 0.1) is 30.3 Å². The molecule has 0 spiro atoms. The maximum absolute atomic E-state index is 8.77. The maximum atomic E-state index is 8.77. The van der Waals surface area contributed by atoms with Crippen molar-refractivity contribution in [3.05, 3.63) is 156 Å². The number of rotatable bonds is 6. The van der Waals surface area contributed by atoms with Crippen molar-refractivity contribution in [2.24, 2.45) is 11.3 Å². The van der Waals surface area contributed by atoms with Gasteiger partial charge in [-0.1, -0.05) is 160 Å². The van der Waals surface area contributed by atoms with Gasteiger partial charge in [-0.3, -0.25) is 0 Å². The Labute approximate surface area is 343 Å². The first-order chi connectivity index (χ1) is 28.5. The molecule has 54 heavy (non-hydrogen) atoms. The van der Waals surface area contributed by atoms with E-state index in [0.717, 1.165) is 69.5 Å². The molecule has 1 fully saturated rings. The Kier molecular flexibility index (Phi) is 8.86. The van der Waals surface area contributed by atoms with E-state index >= 15 is 0 Å². The van der Waals surface area contributed by atoms with E-state index in [1.165, 1.54) is 6.07 Å². The molecule has 0 atom stereocenters. The molecule has 1 radical (unpaired) electrons. The van der Waals surface area contributed by atoms with Crippen LogP contribution in [0.5, 0.6) is 0 Å². The number of hydrogen-bond donors (Lipinski definition) is 0. The number of pyridine rings is 2. The summed E-state index contributed by atoms with van der Waals surface area (Å²) < 4.78 is 64.3. The summed E-state index contributed by atoms with van der Waals surface area (Å²) in [6.45, 7) is 3.32. The van der Waals surface area contributed by atoms with Gasteiger partial charge in [-0.2, -0.15) is 0 Å². The molecule has 0 N–H and O–H groups in total. The molecule has 0 amide bonds. The molecule has 8 aromatic rings. The maximum Gasteiger partial charge on any atom is 0.128 e. The van der Waals surface area contributed by atoms with E-state index in [2.05, 4.69) is 46.4 Å². The Hall–Kier alpha value is -4.89. The summed E-state index contributed by atoms with van der Waals surface area (Å²) in [7, 11) is 0. The molecule has 0 unspecified atom stereocenters. The van der Waals surface area contributed by atoms with E-state index in [-0.39, 0.29) is 31.6 Å². The summed E-state index contributed by atoms with van der Waals surface area (Å²) in [6.07, 6.45) is 4.50. The predicted octanol–water partition coefficient (Wildman–Crippen LogP) is 13.4. The molecule has 0 bridgehead atoms. The van der Waals surface area contributed by atoms with E-state index in [9.17, 15) is 0 Å². The number of furan rings is 1. The molecule has 1 aliphatic rings. The van der Waals surface area contributed by atoms with Crippen LogP contribution in [0.2, 0.25) is 0 Å². The minimum atomic E-state index is -2.25. The van der Waals surface area contributed by atoms with E-state index < -0.39 is 25.0 Å². The summed E-state index contributed by atoms with van der Waals surface area (Å²) in [5.41, 5.74) is 6.70. The number of aromatic nitrogens is 2. The molecule has 3 nitrogen and oxygen atoms in total. The quantitative estimate of drug-likeness (QED) is 0.156. The van der Waals surface area contributed by atoms with Crippen molar-refractivity contribution in [2.45, 2.75) is 66.1 Å². The van der Waals surface area contributed by atoms with Gasteiger partial charge >= 0.3 is 0 Å². The summed E-state index contributed by atoms with van der Waals surface area (Å²) >= 11 is 0. The zero-order valence-corrected chi connectivity index (χ0v) is 33.1. The van der Waals surface area contributed by atoms with Crippen LogP contribution >= 0.6 is 0 Å². The third kappa shape index (κ3) is 8.26. The first kappa shape index (κ1) is 29.5. The molecule has 273 valence electrons. The fourth-order valence-electron chi connectivity index (χ4n) is 7.18. The average molecular weight is 890 g/mol. The van der Waals surface area contributed by atoms with Gasteiger partial charge in [0.05, 0.1) is 5.58 Å². The average Bonchev–Trinajstić information content (AvgIpc) is 3.94. The van der Waals surface area contributed by atoms with Gasteiger partial charge < -0.3 is 14.4 Å². The van der Waals surface area contributed by atoms with Gasteiger partial charge in [0, 0.05) is 52.9 Å². The SMILES string of the molecule is [2H]C([2H])([2H])c1c[c-]c(-c2ccc(C([2H])([2H])C(C)(C)C)cn2)cc1-c1ccccc1.[2H]C([2H])(c1ccnc(-c2[c-]ccc3c2oc2c4ccccc4ccc32)c1)C1CCCC1.[Ir]. The van der Waals surface area contributed by atoms with E-state index in [1.807, 2.05) is 87.5 Å². The normalized spacial score (nSPS) is 15.9. The molecule has 0 aliphatic heterocycles. The molecule has 1 aliphatic carbocycles. The first-order valence-corrected chi connectivity index (χ1v) is 18.3. The van der Waals surface area contributed by atoms with Gasteiger partial charge in [0.1, 0.15) is 5.58 Å². The number of aryl methyl sites for hydroxylation is 1. The summed E-state index contributed by atoms with van der Waals surface area (Å²) in [6, 6.07) is 42.6. The van der Waals surface area contributed by atoms with Crippen molar-refractivity contribution < 1.29 is 34.1 Å². The Morgan fingerprint density at radius 1 is 0.778 bits per heavy atom. The number of nitrogens with zero attached hydrogens (tertiary/aromatic N) is 2. The predicted molar refractivity (Wildman–Crippen MR) is 221 cm³/mol. The van der Waals surface area contributed by atoms with Gasteiger partial charge in [-0.05, 0) is 58.0 Å². The van der Waals surface area contributed by atoms with Crippen LogP contribution in [0.4, 0.5) is 0 Å². The van der Waals surface area contributed by atoms with Crippen LogP contribution in [0.1, 0.15) is 72.7 Å². The second-order valence-electron chi connectivity index (χ2n) is 14.8. The van der Waals surface area contributed by atoms with Crippen molar-refractivity contribution in [3.63, 3.8) is 0 Å². The van der Waals surface area contributed by atoms with Gasteiger partial charge in [-0.15, -0.1) is 47.5 Å². The number of fused-ring (bicyclic) bond motifs is 5. The zero-order chi connectivity index (χ0) is 42.5. The van der Waals surface area contributed by atoms with E-state index in [0.29, 0.717) is 33.6 Å². The molecule has 9 rings (SSSR count). The van der Waals surface area contributed by atoms with Crippen molar-refractivity contribution >= 4 is 32.7 Å². The number of benzene rings is 5. The minimum absolute atomic E-state index is 0. The van der Waals surface area contributed by atoms with Crippen LogP contribution in [0.3, 0.4) is 0 Å². The molecule has 1 saturated carbocycles. The van der Waals surface area contributed by atoms with Gasteiger partial charge in [-0.25, -0.2) is 0 Å². The smallest absolute Gasteiger partial charge is 0.128 e. The van der Waals surface area contributed by atoms with Crippen LogP contribution in [-0.4, -0.2) is 9.97 Å². The standard InChI is InChI=1S/C27H22NO.C23H24N.Ir/c1-2-7-18(6-1)16-19-14-15-28-25(17-19)24-11-5-10-22-23-13-12-20-8-3-4-9-21(20)26(23)29-27(22)24;1-17-10-12-20(14-21(17)19-8-6-5-7-9-19)22-13-11-18(16-24-22)15-23(2,3)4;/h3-5,8-10,12-15,17-18H,1-2,6-7,16H2;5-11,13-14,16H,15H2,1-4H3;/q2*-1;/i16D2;1D3,15D2;. The van der Waals surface area contributed by atoms with Crippen molar-refractivity contribution in [1.29, 1.82) is 0 Å². The third-order valence-corrected chi connectivity index (χ3v) is 9.66. The molecular weight excluding hydrogens is 837 g/mol. The fourth-order valence-corrected chi connectivity index (χ4v) is 7.18. The van der Waals surface area contributed by atoms with Gasteiger partial charge in [0.2, 0.25) is 0 Å². The monoisotopic (exact) mass is 890 g/mol. The Morgan fingerprint density at radius 3 is 2.35 bits per heavy atom. The summed E-state index contributed by atoms with van der Waals surface area (Å²) in [5.74, 6) is 0.0695. The Bertz CT molecular complexity index is 2810. The molecule has 4 heteroatoms. The first-order valence-electron chi connectivity index (χ1n) is 21.8. The van der Waals surface area contributed by atoms with Crippen LogP contribution in [0.25, 0.3) is 66.4 Å². The van der Waals surface area contributed by atoms with Crippen molar-refractivity contribution in [3.8, 4) is 33.6 Å². The fraction of sp³-hybridized carbons (Fsp3) is 0.240. The van der Waals surface area contributed by atoms with E-state index in [4.69, 9.17) is 14.0 Å². The molecule has 3 heterocycles.